The Labute approximate surface area is 107 Å². The van der Waals surface area contributed by atoms with Gasteiger partial charge in [0.05, 0.1) is 0 Å². The molecule has 0 radical (unpaired) electrons. The molecule has 0 bridgehead atoms. The second kappa shape index (κ2) is 5.61. The number of hydrogen-bond acceptors (Lipinski definition) is 0. The van der Waals surface area contributed by atoms with E-state index in [1.807, 2.05) is 0 Å². The van der Waals surface area contributed by atoms with Crippen molar-refractivity contribution in [1.29, 1.82) is 0 Å². The standard InChI is InChI=1S/C9H10.C5H5.Zr/c1-2-5-9-7-3-6-8(9)4-1;1-2-4-5-3-1;/h1-2,4-5H,3,6-7H2;1-3H,4H2;. The Morgan fingerprint density at radius 3 is 2.07 bits per heavy atom. The van der Waals surface area contributed by atoms with E-state index in [1.54, 1.807) is 39.1 Å². The van der Waals surface area contributed by atoms with Gasteiger partial charge in [0.15, 0.2) is 0 Å². The molecule has 0 aromatic heterocycles. The van der Waals surface area contributed by atoms with Gasteiger partial charge in [-0.05, 0) is 30.4 Å². The smallest absolute Gasteiger partial charge is 0.0273 e. The van der Waals surface area contributed by atoms with Gasteiger partial charge in [0, 0.05) is 0 Å². The summed E-state index contributed by atoms with van der Waals surface area (Å²) in [6.07, 6.45) is 11.6. The molecule has 1 aromatic carbocycles. The van der Waals surface area contributed by atoms with Crippen molar-refractivity contribution in [2.45, 2.75) is 25.7 Å². The molecule has 3 rings (SSSR count). The van der Waals surface area contributed by atoms with E-state index in [0.717, 1.165) is 0 Å². The zero-order valence-electron chi connectivity index (χ0n) is 8.87. The average molecular weight is 274 g/mol. The largest absolute Gasteiger partial charge is 0.0620 e. The van der Waals surface area contributed by atoms with Gasteiger partial charge in [-0.2, -0.15) is 0 Å². The first-order chi connectivity index (χ1) is 7.36. The van der Waals surface area contributed by atoms with Crippen molar-refractivity contribution >= 4 is 0 Å². The zero-order chi connectivity index (χ0) is 10.5. The molecule has 0 spiro atoms. The van der Waals surface area contributed by atoms with Crippen molar-refractivity contribution in [1.82, 2.24) is 0 Å². The van der Waals surface area contributed by atoms with Crippen LogP contribution in [0.4, 0.5) is 0 Å². The minimum atomic E-state index is 1.21. The van der Waals surface area contributed by atoms with Gasteiger partial charge in [-0.1, -0.05) is 24.3 Å². The monoisotopic (exact) mass is 273 g/mol. The Morgan fingerprint density at radius 2 is 1.67 bits per heavy atom. The van der Waals surface area contributed by atoms with Gasteiger partial charge in [-0.3, -0.25) is 0 Å². The zero-order valence-corrected chi connectivity index (χ0v) is 11.3. The van der Waals surface area contributed by atoms with Crippen LogP contribution in [0.1, 0.15) is 24.0 Å². The van der Waals surface area contributed by atoms with Crippen molar-refractivity contribution in [3.05, 3.63) is 56.9 Å². The molecule has 0 heterocycles. The van der Waals surface area contributed by atoms with Crippen LogP contribution in [-0.2, 0) is 37.6 Å². The fourth-order valence-corrected chi connectivity index (χ4v) is 2.49. The van der Waals surface area contributed by atoms with Crippen LogP contribution in [-0.4, -0.2) is 0 Å². The molecule has 0 fully saturated rings. The Morgan fingerprint density at radius 1 is 1.00 bits per heavy atom. The van der Waals surface area contributed by atoms with Gasteiger partial charge in [0.1, 0.15) is 0 Å². The van der Waals surface area contributed by atoms with Crippen LogP contribution in [0.25, 0.3) is 0 Å². The minimum Gasteiger partial charge on any atom is -0.0620 e. The molecule has 0 saturated heterocycles. The first-order valence-electron chi connectivity index (χ1n) is 5.50. The third kappa shape index (κ3) is 3.28. The van der Waals surface area contributed by atoms with Gasteiger partial charge >= 0.3 is 52.6 Å². The number of allylic oxidation sites excluding steroid dienone is 4. The summed E-state index contributed by atoms with van der Waals surface area (Å²) in [7, 11) is 0. The van der Waals surface area contributed by atoms with Crippen LogP contribution in [0.3, 0.4) is 0 Å². The van der Waals surface area contributed by atoms with Crippen molar-refractivity contribution in [3.8, 4) is 0 Å². The first-order valence-corrected chi connectivity index (χ1v) is 6.73. The second-order valence-electron chi connectivity index (χ2n) is 3.95. The maximum Gasteiger partial charge on any atom is -0.0273 e. The predicted octanol–water partition coefficient (Wildman–Crippen LogP) is 3.55. The second-order valence-corrected chi connectivity index (χ2v) is 5.53. The number of rotatable bonds is 0. The third-order valence-electron chi connectivity index (χ3n) is 2.78. The molecule has 2 aliphatic rings. The number of benzene rings is 1. The molecule has 0 saturated carbocycles. The summed E-state index contributed by atoms with van der Waals surface area (Å²) in [6.45, 7) is 0. The van der Waals surface area contributed by atoms with E-state index in [4.69, 9.17) is 0 Å². The molecular formula is C14H15Zr. The fraction of sp³-hybridized carbons (Fsp3) is 0.286. The maximum atomic E-state index is 2.24. The summed E-state index contributed by atoms with van der Waals surface area (Å²) < 4.78 is 1.56. The van der Waals surface area contributed by atoms with Gasteiger partial charge in [-0.15, -0.1) is 0 Å². The molecule has 0 atom stereocenters. The molecule has 0 unspecified atom stereocenters. The maximum absolute atomic E-state index is 2.24. The Kier molecular flexibility index (Phi) is 4.14. The van der Waals surface area contributed by atoms with E-state index in [-0.39, 0.29) is 0 Å². The SMILES string of the molecule is [Zr][C]1=CC=CC1.c1ccc2c(c1)CCC2. The molecule has 1 heteroatoms. The molecule has 2 aliphatic carbocycles. The van der Waals surface area contributed by atoms with Gasteiger partial charge in [0.2, 0.25) is 0 Å². The van der Waals surface area contributed by atoms with E-state index in [9.17, 15) is 0 Å². The topological polar surface area (TPSA) is 0 Å². The molecule has 0 aliphatic heterocycles. The normalized spacial score (nSPS) is 16.6. The summed E-state index contributed by atoms with van der Waals surface area (Å²) in [4.78, 5) is 0. The predicted molar refractivity (Wildman–Crippen MR) is 60.3 cm³/mol. The van der Waals surface area contributed by atoms with Crippen LogP contribution in [0.5, 0.6) is 0 Å². The van der Waals surface area contributed by atoms with E-state index >= 15 is 0 Å². The summed E-state index contributed by atoms with van der Waals surface area (Å²) >= 11 is 1.56. The van der Waals surface area contributed by atoms with Crippen LogP contribution >= 0.6 is 0 Å². The van der Waals surface area contributed by atoms with E-state index < -0.39 is 0 Å². The average Bonchev–Trinajstić information content (AvgIpc) is 2.88. The van der Waals surface area contributed by atoms with E-state index in [0.29, 0.717) is 0 Å². The molecule has 0 nitrogen and oxygen atoms in total. The summed E-state index contributed by atoms with van der Waals surface area (Å²) in [5.74, 6) is 0. The van der Waals surface area contributed by atoms with Gasteiger partial charge in [-0.25, -0.2) is 0 Å². The Hall–Kier alpha value is -0.417. The number of hydrogen-bond donors (Lipinski definition) is 0. The Bertz CT molecular complexity index is 365. The van der Waals surface area contributed by atoms with Crippen LogP contribution < -0.4 is 0 Å². The van der Waals surface area contributed by atoms with Crippen molar-refractivity contribution < 1.29 is 24.7 Å². The summed E-state index contributed by atoms with van der Waals surface area (Å²) in [5.41, 5.74) is 3.13. The van der Waals surface area contributed by atoms with E-state index in [2.05, 4.69) is 42.5 Å². The molecule has 0 N–H and O–H groups in total. The van der Waals surface area contributed by atoms with Gasteiger partial charge < -0.3 is 0 Å². The van der Waals surface area contributed by atoms with Crippen molar-refractivity contribution in [2.75, 3.05) is 0 Å². The fourth-order valence-electron chi connectivity index (χ4n) is 1.96. The summed E-state index contributed by atoms with van der Waals surface area (Å²) in [5, 5.41) is 0. The van der Waals surface area contributed by atoms with Crippen LogP contribution in [0.15, 0.2) is 45.8 Å². The van der Waals surface area contributed by atoms with Crippen molar-refractivity contribution in [2.24, 2.45) is 0 Å². The molecular weight excluding hydrogens is 259 g/mol. The molecule has 15 heavy (non-hydrogen) atoms. The van der Waals surface area contributed by atoms with Gasteiger partial charge in [0.25, 0.3) is 0 Å². The van der Waals surface area contributed by atoms with Crippen LogP contribution in [0, 0.1) is 0 Å². The molecule has 75 valence electrons. The minimum absolute atomic E-state index is 1.21. The molecule has 0 amide bonds. The van der Waals surface area contributed by atoms with Crippen LogP contribution in [0.2, 0.25) is 0 Å². The number of aryl methyl sites for hydroxylation is 2. The Balaban J connectivity index is 0.000000124. The number of fused-ring (bicyclic) bond motifs is 1. The first kappa shape index (κ1) is 11.1. The summed E-state index contributed by atoms with van der Waals surface area (Å²) in [6, 6.07) is 8.74. The van der Waals surface area contributed by atoms with E-state index in [1.165, 1.54) is 25.7 Å². The van der Waals surface area contributed by atoms with Crippen molar-refractivity contribution in [3.63, 3.8) is 0 Å². The third-order valence-corrected chi connectivity index (χ3v) is 3.69. The molecule has 1 aromatic rings. The quantitative estimate of drug-likeness (QED) is 0.679.